The van der Waals surface area contributed by atoms with E-state index in [0.717, 1.165) is 31.4 Å². The molecule has 0 saturated heterocycles. The molecule has 21 heavy (non-hydrogen) atoms. The smallest absolute Gasteiger partial charge is 0.238 e. The van der Waals surface area contributed by atoms with E-state index in [2.05, 4.69) is 5.32 Å². The van der Waals surface area contributed by atoms with Crippen LogP contribution in [0.5, 0.6) is 0 Å². The van der Waals surface area contributed by atoms with Crippen molar-refractivity contribution in [2.24, 2.45) is 5.14 Å². The zero-order valence-corrected chi connectivity index (χ0v) is 13.2. The third-order valence-electron chi connectivity index (χ3n) is 4.06. The van der Waals surface area contributed by atoms with Crippen LogP contribution in [-0.2, 0) is 21.2 Å². The Hall–Kier alpha value is -0.950. The maximum absolute atomic E-state index is 11.2. The van der Waals surface area contributed by atoms with E-state index in [9.17, 15) is 8.42 Å². The number of nitrogens with one attached hydrogen (secondary N) is 1. The Morgan fingerprint density at radius 1 is 1.29 bits per heavy atom. The standard InChI is InChI=1S/C15H24N2O3S/c1-20-14-4-2-3-13(11-14)17-10-9-12-5-7-15(8-6-12)21(16,18)19/h5-8,13-14,17H,2-4,9-11H2,1H3,(H2,16,18,19). The second-order valence-electron chi connectivity index (χ2n) is 5.61. The van der Waals surface area contributed by atoms with E-state index in [0.29, 0.717) is 12.1 Å². The first-order valence-corrected chi connectivity index (χ1v) is 8.91. The summed E-state index contributed by atoms with van der Waals surface area (Å²) in [4.78, 5) is 0.162. The molecule has 0 spiro atoms. The molecule has 0 heterocycles. The van der Waals surface area contributed by atoms with Gasteiger partial charge in [-0.2, -0.15) is 0 Å². The SMILES string of the molecule is COC1CCCC(NCCc2ccc(S(N)(=O)=O)cc2)C1. The minimum Gasteiger partial charge on any atom is -0.381 e. The minimum atomic E-state index is -3.60. The molecule has 1 aromatic carbocycles. The Kier molecular flexibility index (Phi) is 5.75. The minimum absolute atomic E-state index is 0.162. The summed E-state index contributed by atoms with van der Waals surface area (Å²) in [6.07, 6.45) is 5.89. The van der Waals surface area contributed by atoms with Gasteiger partial charge in [0.1, 0.15) is 0 Å². The van der Waals surface area contributed by atoms with Gasteiger partial charge in [0, 0.05) is 13.2 Å². The number of hydrogen-bond acceptors (Lipinski definition) is 4. The molecule has 0 aromatic heterocycles. The number of benzene rings is 1. The van der Waals surface area contributed by atoms with Crippen LogP contribution in [0.1, 0.15) is 31.2 Å². The van der Waals surface area contributed by atoms with Crippen LogP contribution in [0.3, 0.4) is 0 Å². The van der Waals surface area contributed by atoms with E-state index >= 15 is 0 Å². The summed E-state index contributed by atoms with van der Waals surface area (Å²) < 4.78 is 27.8. The van der Waals surface area contributed by atoms with Gasteiger partial charge in [0.25, 0.3) is 0 Å². The molecule has 2 atom stereocenters. The van der Waals surface area contributed by atoms with Crippen molar-refractivity contribution < 1.29 is 13.2 Å². The van der Waals surface area contributed by atoms with E-state index in [1.807, 2.05) is 12.1 Å². The summed E-state index contributed by atoms with van der Waals surface area (Å²) in [6.45, 7) is 0.885. The fourth-order valence-electron chi connectivity index (χ4n) is 2.81. The molecule has 1 saturated carbocycles. The van der Waals surface area contributed by atoms with Crippen LogP contribution in [-0.4, -0.2) is 34.2 Å². The molecule has 1 fully saturated rings. The molecule has 6 heteroatoms. The van der Waals surface area contributed by atoms with E-state index in [-0.39, 0.29) is 4.90 Å². The van der Waals surface area contributed by atoms with Crippen molar-refractivity contribution in [1.29, 1.82) is 0 Å². The molecule has 2 unspecified atom stereocenters. The highest BCUT2D eigenvalue weighted by Gasteiger charge is 2.20. The molecule has 0 aliphatic heterocycles. The van der Waals surface area contributed by atoms with Gasteiger partial charge in [-0.05, 0) is 56.3 Å². The quantitative estimate of drug-likeness (QED) is 0.832. The van der Waals surface area contributed by atoms with E-state index in [4.69, 9.17) is 9.88 Å². The normalized spacial score (nSPS) is 23.1. The molecule has 1 aliphatic rings. The second kappa shape index (κ2) is 7.35. The Bertz CT molecular complexity index is 543. The van der Waals surface area contributed by atoms with Gasteiger partial charge in [-0.1, -0.05) is 12.1 Å². The van der Waals surface area contributed by atoms with Crippen LogP contribution in [0.4, 0.5) is 0 Å². The van der Waals surface area contributed by atoms with Crippen LogP contribution in [0.25, 0.3) is 0 Å². The first-order valence-electron chi connectivity index (χ1n) is 7.37. The third kappa shape index (κ3) is 5.07. The number of primary sulfonamides is 1. The molecular formula is C15H24N2O3S. The van der Waals surface area contributed by atoms with Crippen LogP contribution in [0.15, 0.2) is 29.2 Å². The van der Waals surface area contributed by atoms with Gasteiger partial charge in [0.2, 0.25) is 10.0 Å². The molecular weight excluding hydrogens is 288 g/mol. The van der Waals surface area contributed by atoms with Gasteiger partial charge in [0.05, 0.1) is 11.0 Å². The summed E-state index contributed by atoms with van der Waals surface area (Å²) >= 11 is 0. The molecule has 0 radical (unpaired) electrons. The highest BCUT2D eigenvalue weighted by molar-refractivity contribution is 7.89. The number of hydrogen-bond donors (Lipinski definition) is 2. The summed E-state index contributed by atoms with van der Waals surface area (Å²) in [7, 11) is -1.82. The largest absolute Gasteiger partial charge is 0.381 e. The fraction of sp³-hybridized carbons (Fsp3) is 0.600. The predicted octanol–water partition coefficient (Wildman–Crippen LogP) is 1.42. The van der Waals surface area contributed by atoms with E-state index in [1.54, 1.807) is 19.2 Å². The van der Waals surface area contributed by atoms with Crippen LogP contribution in [0, 0.1) is 0 Å². The van der Waals surface area contributed by atoms with Gasteiger partial charge in [-0.25, -0.2) is 13.6 Å². The molecule has 5 nitrogen and oxygen atoms in total. The lowest BCUT2D eigenvalue weighted by molar-refractivity contribution is 0.0590. The van der Waals surface area contributed by atoms with Crippen molar-refractivity contribution in [1.82, 2.24) is 5.32 Å². The lowest BCUT2D eigenvalue weighted by Crippen LogP contribution is -2.37. The summed E-state index contributed by atoms with van der Waals surface area (Å²) in [5.41, 5.74) is 1.11. The van der Waals surface area contributed by atoms with Gasteiger partial charge in [0.15, 0.2) is 0 Å². The summed E-state index contributed by atoms with van der Waals surface area (Å²) in [5, 5.41) is 8.63. The zero-order valence-electron chi connectivity index (χ0n) is 12.4. The number of methoxy groups -OCH3 is 1. The molecule has 118 valence electrons. The highest BCUT2D eigenvalue weighted by Crippen LogP contribution is 2.20. The number of ether oxygens (including phenoxy) is 1. The third-order valence-corrected chi connectivity index (χ3v) is 4.99. The van der Waals surface area contributed by atoms with Crippen LogP contribution < -0.4 is 10.5 Å². The van der Waals surface area contributed by atoms with Crippen molar-refractivity contribution in [3.8, 4) is 0 Å². The van der Waals surface area contributed by atoms with Gasteiger partial charge < -0.3 is 10.1 Å². The lowest BCUT2D eigenvalue weighted by Gasteiger charge is -2.29. The van der Waals surface area contributed by atoms with Crippen molar-refractivity contribution >= 4 is 10.0 Å². The Balaban J connectivity index is 1.78. The Morgan fingerprint density at radius 2 is 2.00 bits per heavy atom. The molecule has 0 amide bonds. The van der Waals surface area contributed by atoms with Gasteiger partial charge in [-0.3, -0.25) is 0 Å². The predicted molar refractivity (Wildman–Crippen MR) is 82.6 cm³/mol. The highest BCUT2D eigenvalue weighted by atomic mass is 32.2. The molecule has 1 aromatic rings. The van der Waals surface area contributed by atoms with Crippen LogP contribution >= 0.6 is 0 Å². The summed E-state index contributed by atoms with van der Waals surface area (Å²) in [6, 6.07) is 7.28. The van der Waals surface area contributed by atoms with Crippen molar-refractivity contribution in [3.63, 3.8) is 0 Å². The Morgan fingerprint density at radius 3 is 2.62 bits per heavy atom. The average Bonchev–Trinajstić information content (AvgIpc) is 2.47. The zero-order chi connectivity index (χ0) is 15.3. The number of rotatable bonds is 6. The number of nitrogens with two attached hydrogens (primary N) is 1. The monoisotopic (exact) mass is 312 g/mol. The molecule has 0 bridgehead atoms. The first kappa shape index (κ1) is 16.4. The van der Waals surface area contributed by atoms with E-state index in [1.165, 1.54) is 12.8 Å². The maximum atomic E-state index is 11.2. The van der Waals surface area contributed by atoms with Crippen molar-refractivity contribution in [3.05, 3.63) is 29.8 Å². The fourth-order valence-corrected chi connectivity index (χ4v) is 3.33. The molecule has 1 aliphatic carbocycles. The van der Waals surface area contributed by atoms with Gasteiger partial charge >= 0.3 is 0 Å². The van der Waals surface area contributed by atoms with Gasteiger partial charge in [-0.15, -0.1) is 0 Å². The van der Waals surface area contributed by atoms with Crippen molar-refractivity contribution in [2.75, 3.05) is 13.7 Å². The lowest BCUT2D eigenvalue weighted by atomic mass is 9.93. The van der Waals surface area contributed by atoms with Crippen molar-refractivity contribution in [2.45, 2.75) is 49.1 Å². The van der Waals surface area contributed by atoms with E-state index < -0.39 is 10.0 Å². The number of sulfonamides is 1. The Labute approximate surface area is 126 Å². The molecule has 3 N–H and O–H groups in total. The van der Waals surface area contributed by atoms with Crippen LogP contribution in [0.2, 0.25) is 0 Å². The second-order valence-corrected chi connectivity index (χ2v) is 7.18. The first-order chi connectivity index (χ1) is 9.99. The topological polar surface area (TPSA) is 81.4 Å². The summed E-state index contributed by atoms with van der Waals surface area (Å²) in [5.74, 6) is 0. The average molecular weight is 312 g/mol. The maximum Gasteiger partial charge on any atom is 0.238 e. The molecule has 2 rings (SSSR count).